The summed E-state index contributed by atoms with van der Waals surface area (Å²) in [5.74, 6) is 0.604. The first-order chi connectivity index (χ1) is 7.75. The summed E-state index contributed by atoms with van der Waals surface area (Å²) in [5, 5.41) is 3.06. The molecule has 0 bridgehead atoms. The van der Waals surface area contributed by atoms with Crippen LogP contribution in [0.5, 0.6) is 0 Å². The van der Waals surface area contributed by atoms with Crippen LogP contribution in [0.2, 0.25) is 0 Å². The van der Waals surface area contributed by atoms with Gasteiger partial charge in [-0.2, -0.15) is 0 Å². The summed E-state index contributed by atoms with van der Waals surface area (Å²) in [6, 6.07) is 4.01. The van der Waals surface area contributed by atoms with Crippen LogP contribution in [-0.4, -0.2) is 27.5 Å². The summed E-state index contributed by atoms with van der Waals surface area (Å²) in [7, 11) is 0. The molecule has 0 saturated carbocycles. The summed E-state index contributed by atoms with van der Waals surface area (Å²) >= 11 is 0. The lowest BCUT2D eigenvalue weighted by Crippen LogP contribution is -2.25. The van der Waals surface area contributed by atoms with E-state index in [0.717, 1.165) is 11.3 Å². The number of nitrogens with zero attached hydrogens (tertiary/aromatic N) is 2. The lowest BCUT2D eigenvalue weighted by molar-refractivity contribution is 0.773. The Hall–Kier alpha value is -1.88. The quantitative estimate of drug-likeness (QED) is 0.719. The highest BCUT2D eigenvalue weighted by Gasteiger charge is 2.01. The zero-order valence-corrected chi connectivity index (χ0v) is 9.14. The molecule has 5 heteroatoms. The van der Waals surface area contributed by atoms with Crippen LogP contribution in [0.15, 0.2) is 30.7 Å². The minimum atomic E-state index is 0.0895. The highest BCUT2D eigenvalue weighted by Crippen LogP contribution is 2.14. The molecule has 5 nitrogen and oxygen atoms in total. The second-order valence-electron chi connectivity index (χ2n) is 3.74. The zero-order valence-electron chi connectivity index (χ0n) is 9.14. The number of aromatic amines is 1. The smallest absolute Gasteiger partial charge is 0.222 e. The number of nitrogens with two attached hydrogens (primary N) is 1. The first kappa shape index (κ1) is 10.6. The molecule has 1 atom stereocenters. The third kappa shape index (κ3) is 2.58. The molecule has 16 heavy (non-hydrogen) atoms. The largest absolute Gasteiger partial charge is 0.361 e. The first-order valence-corrected chi connectivity index (χ1v) is 5.21. The maximum atomic E-state index is 5.62. The summed E-state index contributed by atoms with van der Waals surface area (Å²) < 4.78 is 0. The van der Waals surface area contributed by atoms with Crippen LogP contribution < -0.4 is 11.1 Å². The molecule has 1 unspecified atom stereocenters. The molecule has 0 fully saturated rings. The summed E-state index contributed by atoms with van der Waals surface area (Å²) in [6.07, 6.45) is 5.43. The van der Waals surface area contributed by atoms with Gasteiger partial charge in [-0.15, -0.1) is 0 Å². The molecule has 0 aliphatic carbocycles. The van der Waals surface area contributed by atoms with Gasteiger partial charge in [0.05, 0.1) is 0 Å². The maximum Gasteiger partial charge on any atom is 0.222 e. The van der Waals surface area contributed by atoms with E-state index in [0.29, 0.717) is 12.5 Å². The standard InChI is InChI=1S/C11H15N5/c1-8(12)5-14-11-15-6-9(7-16-11)10-3-2-4-13-10/h2-4,6-8,13H,5,12H2,1H3,(H,14,15,16). The number of aromatic nitrogens is 3. The molecular weight excluding hydrogens is 202 g/mol. The van der Waals surface area contributed by atoms with Crippen molar-refractivity contribution < 1.29 is 0 Å². The maximum absolute atomic E-state index is 5.62. The van der Waals surface area contributed by atoms with Gasteiger partial charge in [0.2, 0.25) is 5.95 Å². The third-order valence-corrected chi connectivity index (χ3v) is 2.14. The minimum Gasteiger partial charge on any atom is -0.361 e. The Morgan fingerprint density at radius 3 is 2.75 bits per heavy atom. The second-order valence-corrected chi connectivity index (χ2v) is 3.74. The Morgan fingerprint density at radius 1 is 1.44 bits per heavy atom. The van der Waals surface area contributed by atoms with Crippen LogP contribution in [0, 0.1) is 0 Å². The van der Waals surface area contributed by atoms with Gasteiger partial charge in [-0.05, 0) is 19.1 Å². The van der Waals surface area contributed by atoms with Gasteiger partial charge in [-0.1, -0.05) is 0 Å². The Balaban J connectivity index is 2.05. The SMILES string of the molecule is CC(N)CNc1ncc(-c2ccc[nH]2)cn1. The van der Waals surface area contributed by atoms with Gasteiger partial charge in [-0.3, -0.25) is 0 Å². The fourth-order valence-electron chi connectivity index (χ4n) is 1.32. The van der Waals surface area contributed by atoms with Crippen molar-refractivity contribution in [2.24, 2.45) is 5.73 Å². The summed E-state index contributed by atoms with van der Waals surface area (Å²) in [6.45, 7) is 2.60. The average molecular weight is 217 g/mol. The third-order valence-electron chi connectivity index (χ3n) is 2.14. The zero-order chi connectivity index (χ0) is 11.4. The Bertz CT molecular complexity index is 418. The number of H-pyrrole nitrogens is 1. The molecule has 0 amide bonds. The molecule has 0 aliphatic rings. The topological polar surface area (TPSA) is 79.6 Å². The molecule has 0 radical (unpaired) electrons. The van der Waals surface area contributed by atoms with Crippen LogP contribution in [0.25, 0.3) is 11.3 Å². The monoisotopic (exact) mass is 217 g/mol. The van der Waals surface area contributed by atoms with Crippen molar-refractivity contribution in [3.8, 4) is 11.3 Å². The molecule has 0 aromatic carbocycles. The van der Waals surface area contributed by atoms with Crippen molar-refractivity contribution in [2.45, 2.75) is 13.0 Å². The first-order valence-electron chi connectivity index (χ1n) is 5.21. The van der Waals surface area contributed by atoms with Crippen LogP contribution in [-0.2, 0) is 0 Å². The molecule has 0 aliphatic heterocycles. The molecule has 0 spiro atoms. The van der Waals surface area contributed by atoms with Gasteiger partial charge in [0.15, 0.2) is 0 Å². The van der Waals surface area contributed by atoms with E-state index >= 15 is 0 Å². The lowest BCUT2D eigenvalue weighted by atomic mass is 10.2. The van der Waals surface area contributed by atoms with Crippen molar-refractivity contribution in [1.29, 1.82) is 0 Å². The molecule has 0 saturated heterocycles. The van der Waals surface area contributed by atoms with Gasteiger partial charge in [0.1, 0.15) is 0 Å². The molecule has 2 aromatic heterocycles. The predicted octanol–water partition coefficient (Wildman–Crippen LogP) is 1.23. The molecule has 4 N–H and O–H groups in total. The summed E-state index contributed by atoms with van der Waals surface area (Å²) in [5.41, 5.74) is 7.61. The van der Waals surface area contributed by atoms with E-state index in [1.54, 1.807) is 12.4 Å². The van der Waals surface area contributed by atoms with Gasteiger partial charge >= 0.3 is 0 Å². The molecule has 84 valence electrons. The van der Waals surface area contributed by atoms with E-state index in [1.165, 1.54) is 0 Å². The highest BCUT2D eigenvalue weighted by atomic mass is 15.1. The highest BCUT2D eigenvalue weighted by molar-refractivity contribution is 5.57. The number of rotatable bonds is 4. The normalized spacial score (nSPS) is 12.4. The molecule has 2 heterocycles. The van der Waals surface area contributed by atoms with Crippen molar-refractivity contribution in [3.63, 3.8) is 0 Å². The van der Waals surface area contributed by atoms with E-state index in [4.69, 9.17) is 5.73 Å². The Labute approximate surface area is 94.1 Å². The molecular formula is C11H15N5. The fraction of sp³-hybridized carbons (Fsp3) is 0.273. The number of hydrogen-bond acceptors (Lipinski definition) is 4. The van der Waals surface area contributed by atoms with Crippen LogP contribution in [0.4, 0.5) is 5.95 Å². The average Bonchev–Trinajstić information content (AvgIpc) is 2.80. The van der Waals surface area contributed by atoms with Gasteiger partial charge in [0.25, 0.3) is 0 Å². The van der Waals surface area contributed by atoms with E-state index < -0.39 is 0 Å². The number of anilines is 1. The molecule has 2 aromatic rings. The van der Waals surface area contributed by atoms with Gasteiger partial charge in [0, 0.05) is 42.4 Å². The van der Waals surface area contributed by atoms with E-state index in [1.807, 2.05) is 25.3 Å². The van der Waals surface area contributed by atoms with Crippen LogP contribution in [0.3, 0.4) is 0 Å². The number of nitrogens with one attached hydrogen (secondary N) is 2. The van der Waals surface area contributed by atoms with Crippen molar-refractivity contribution in [2.75, 3.05) is 11.9 Å². The van der Waals surface area contributed by atoms with Crippen molar-refractivity contribution >= 4 is 5.95 Å². The Morgan fingerprint density at radius 2 is 2.19 bits per heavy atom. The van der Waals surface area contributed by atoms with Crippen LogP contribution >= 0.6 is 0 Å². The predicted molar refractivity (Wildman–Crippen MR) is 64.0 cm³/mol. The van der Waals surface area contributed by atoms with Gasteiger partial charge < -0.3 is 16.0 Å². The van der Waals surface area contributed by atoms with Crippen molar-refractivity contribution in [1.82, 2.24) is 15.0 Å². The van der Waals surface area contributed by atoms with E-state index in [-0.39, 0.29) is 6.04 Å². The molecule has 2 rings (SSSR count). The minimum absolute atomic E-state index is 0.0895. The number of hydrogen-bond donors (Lipinski definition) is 3. The van der Waals surface area contributed by atoms with Gasteiger partial charge in [-0.25, -0.2) is 9.97 Å². The van der Waals surface area contributed by atoms with Crippen molar-refractivity contribution in [3.05, 3.63) is 30.7 Å². The fourth-order valence-corrected chi connectivity index (χ4v) is 1.32. The van der Waals surface area contributed by atoms with Crippen LogP contribution in [0.1, 0.15) is 6.92 Å². The summed E-state index contributed by atoms with van der Waals surface area (Å²) in [4.78, 5) is 11.5. The van der Waals surface area contributed by atoms with E-state index in [2.05, 4.69) is 20.3 Å². The van der Waals surface area contributed by atoms with E-state index in [9.17, 15) is 0 Å². The second kappa shape index (κ2) is 4.76. The lowest BCUT2D eigenvalue weighted by Gasteiger charge is -2.07. The Kier molecular flexibility index (Phi) is 3.16.